The van der Waals surface area contributed by atoms with Gasteiger partial charge in [-0.25, -0.2) is 13.1 Å². The Morgan fingerprint density at radius 2 is 1.81 bits per heavy atom. The average molecular weight is 442 g/mol. The van der Waals surface area contributed by atoms with Crippen LogP contribution in [0.25, 0.3) is 5.69 Å². The maximum Gasteiger partial charge on any atom is 0.243 e. The number of ether oxygens (including phenoxy) is 1. The molecule has 2 aromatic carbocycles. The van der Waals surface area contributed by atoms with E-state index in [1.165, 1.54) is 16.4 Å². The Balaban J connectivity index is 1.36. The molecule has 1 fully saturated rings. The van der Waals surface area contributed by atoms with Crippen molar-refractivity contribution in [2.75, 3.05) is 43.5 Å². The van der Waals surface area contributed by atoms with Gasteiger partial charge in [-0.1, -0.05) is 24.3 Å². The molecule has 10 heteroatoms. The van der Waals surface area contributed by atoms with Crippen LogP contribution in [0.3, 0.4) is 0 Å². The SMILES string of the molecule is O=C(CNc1ccn(-c2ccccc2)n1)Nc1cccc(S(=O)(=O)N2CCOCC2)c1. The molecule has 3 aromatic rings. The maximum absolute atomic E-state index is 12.8. The summed E-state index contributed by atoms with van der Waals surface area (Å²) in [6.45, 7) is 1.38. The van der Waals surface area contributed by atoms with Gasteiger partial charge >= 0.3 is 0 Å². The first kappa shape index (κ1) is 21.0. The molecule has 4 rings (SSSR count). The number of morpholine rings is 1. The standard InChI is InChI=1S/C21H23N5O4S/c27-21(16-22-20-9-10-26(24-20)18-6-2-1-3-7-18)23-17-5-4-8-19(15-17)31(28,29)25-11-13-30-14-12-25/h1-10,15H,11-14,16H2,(H,22,24)(H,23,27). The summed E-state index contributed by atoms with van der Waals surface area (Å²) in [4.78, 5) is 12.5. The van der Waals surface area contributed by atoms with E-state index in [1.54, 1.807) is 29.1 Å². The Hall–Kier alpha value is -3.21. The van der Waals surface area contributed by atoms with E-state index in [0.29, 0.717) is 37.8 Å². The summed E-state index contributed by atoms with van der Waals surface area (Å²) in [5.74, 6) is 0.248. The molecule has 162 valence electrons. The first-order valence-corrected chi connectivity index (χ1v) is 11.3. The Morgan fingerprint density at radius 1 is 1.03 bits per heavy atom. The smallest absolute Gasteiger partial charge is 0.243 e. The van der Waals surface area contributed by atoms with E-state index in [0.717, 1.165) is 5.69 Å². The summed E-state index contributed by atoms with van der Waals surface area (Å²) < 4.78 is 33.9. The van der Waals surface area contributed by atoms with Gasteiger partial charge in [0.05, 0.1) is 30.3 Å². The largest absolute Gasteiger partial charge is 0.379 e. The summed E-state index contributed by atoms with van der Waals surface area (Å²) >= 11 is 0. The van der Waals surface area contributed by atoms with Crippen LogP contribution in [0.15, 0.2) is 71.8 Å². The molecule has 2 heterocycles. The molecular formula is C21H23N5O4S. The van der Waals surface area contributed by atoms with Crippen molar-refractivity contribution >= 4 is 27.4 Å². The van der Waals surface area contributed by atoms with Gasteiger partial charge in [-0.2, -0.15) is 9.40 Å². The van der Waals surface area contributed by atoms with E-state index in [2.05, 4.69) is 15.7 Å². The predicted molar refractivity (Wildman–Crippen MR) is 117 cm³/mol. The van der Waals surface area contributed by atoms with Gasteiger partial charge in [-0.05, 0) is 30.3 Å². The number of aromatic nitrogens is 2. The average Bonchev–Trinajstić information content (AvgIpc) is 3.28. The highest BCUT2D eigenvalue weighted by Gasteiger charge is 2.26. The summed E-state index contributed by atoms with van der Waals surface area (Å²) in [6.07, 6.45) is 1.80. The van der Waals surface area contributed by atoms with Crippen LogP contribution in [0.4, 0.5) is 11.5 Å². The Bertz CT molecular complexity index is 1140. The summed E-state index contributed by atoms with van der Waals surface area (Å²) in [7, 11) is -3.63. The number of nitrogens with zero attached hydrogens (tertiary/aromatic N) is 3. The molecule has 1 aromatic heterocycles. The molecule has 1 aliphatic rings. The third-order valence-electron chi connectivity index (χ3n) is 4.77. The highest BCUT2D eigenvalue weighted by atomic mass is 32.2. The maximum atomic E-state index is 12.8. The van der Waals surface area contributed by atoms with Crippen molar-refractivity contribution in [1.82, 2.24) is 14.1 Å². The van der Waals surface area contributed by atoms with Crippen molar-refractivity contribution in [3.05, 3.63) is 66.9 Å². The molecule has 0 atom stereocenters. The summed E-state index contributed by atoms with van der Waals surface area (Å²) in [6, 6.07) is 17.7. The summed E-state index contributed by atoms with van der Waals surface area (Å²) in [5.41, 5.74) is 1.33. The van der Waals surface area contributed by atoms with Gasteiger partial charge in [0.2, 0.25) is 15.9 Å². The summed E-state index contributed by atoms with van der Waals surface area (Å²) in [5, 5.41) is 10.1. The predicted octanol–water partition coefficient (Wildman–Crippen LogP) is 1.94. The van der Waals surface area contributed by atoms with E-state index < -0.39 is 10.0 Å². The van der Waals surface area contributed by atoms with Crippen molar-refractivity contribution in [3.63, 3.8) is 0 Å². The van der Waals surface area contributed by atoms with Gasteiger partial charge in [0, 0.05) is 31.0 Å². The minimum atomic E-state index is -3.63. The van der Waals surface area contributed by atoms with Crippen molar-refractivity contribution < 1.29 is 17.9 Å². The van der Waals surface area contributed by atoms with Gasteiger partial charge in [0.1, 0.15) is 5.82 Å². The Labute approximate surface area is 180 Å². The molecule has 1 aliphatic heterocycles. The second kappa shape index (κ2) is 9.29. The van der Waals surface area contributed by atoms with Crippen molar-refractivity contribution in [1.29, 1.82) is 0 Å². The number of para-hydroxylation sites is 1. The van der Waals surface area contributed by atoms with Crippen molar-refractivity contribution in [2.24, 2.45) is 0 Å². The lowest BCUT2D eigenvalue weighted by molar-refractivity contribution is -0.114. The topological polar surface area (TPSA) is 106 Å². The second-order valence-corrected chi connectivity index (χ2v) is 8.87. The number of hydrogen-bond donors (Lipinski definition) is 2. The van der Waals surface area contributed by atoms with Gasteiger partial charge in [-0.3, -0.25) is 4.79 Å². The number of anilines is 2. The van der Waals surface area contributed by atoms with Crippen LogP contribution in [-0.2, 0) is 19.6 Å². The van der Waals surface area contributed by atoms with Crippen molar-refractivity contribution in [2.45, 2.75) is 4.90 Å². The van der Waals surface area contributed by atoms with Gasteiger partial charge in [-0.15, -0.1) is 0 Å². The molecule has 0 saturated carbocycles. The molecule has 1 saturated heterocycles. The lowest BCUT2D eigenvalue weighted by Crippen LogP contribution is -2.40. The third kappa shape index (κ3) is 5.10. The van der Waals surface area contributed by atoms with Crippen LogP contribution in [0, 0.1) is 0 Å². The number of benzene rings is 2. The van der Waals surface area contributed by atoms with Gasteiger partial charge in [0.15, 0.2) is 0 Å². The van der Waals surface area contributed by atoms with Crippen LogP contribution in [0.2, 0.25) is 0 Å². The number of carbonyl (C=O) groups excluding carboxylic acids is 1. The molecule has 0 spiro atoms. The molecule has 2 N–H and O–H groups in total. The zero-order valence-electron chi connectivity index (χ0n) is 16.8. The minimum absolute atomic E-state index is 0.00769. The van der Waals surface area contributed by atoms with Crippen LogP contribution in [0.1, 0.15) is 0 Å². The highest BCUT2D eigenvalue weighted by Crippen LogP contribution is 2.20. The third-order valence-corrected chi connectivity index (χ3v) is 6.66. The number of amides is 1. The van der Waals surface area contributed by atoms with Gasteiger partial charge in [0.25, 0.3) is 0 Å². The number of nitrogens with one attached hydrogen (secondary N) is 2. The number of hydrogen-bond acceptors (Lipinski definition) is 6. The van der Waals surface area contributed by atoms with E-state index in [4.69, 9.17) is 4.74 Å². The first-order valence-electron chi connectivity index (χ1n) is 9.85. The Kier molecular flexibility index (Phi) is 6.31. The quantitative estimate of drug-likeness (QED) is 0.581. The lowest BCUT2D eigenvalue weighted by atomic mass is 10.3. The highest BCUT2D eigenvalue weighted by molar-refractivity contribution is 7.89. The molecule has 0 unspecified atom stereocenters. The molecule has 0 aliphatic carbocycles. The van der Waals surface area contributed by atoms with E-state index in [1.807, 2.05) is 30.3 Å². The van der Waals surface area contributed by atoms with Crippen LogP contribution < -0.4 is 10.6 Å². The van der Waals surface area contributed by atoms with Crippen molar-refractivity contribution in [3.8, 4) is 5.69 Å². The lowest BCUT2D eigenvalue weighted by Gasteiger charge is -2.26. The van der Waals surface area contributed by atoms with Crippen LogP contribution in [-0.4, -0.2) is 61.3 Å². The zero-order chi connectivity index (χ0) is 21.7. The molecule has 0 radical (unpaired) electrons. The zero-order valence-corrected chi connectivity index (χ0v) is 17.6. The molecular weight excluding hydrogens is 418 g/mol. The minimum Gasteiger partial charge on any atom is -0.379 e. The van der Waals surface area contributed by atoms with Crippen LogP contribution in [0.5, 0.6) is 0 Å². The van der Waals surface area contributed by atoms with Gasteiger partial charge < -0.3 is 15.4 Å². The fourth-order valence-corrected chi connectivity index (χ4v) is 4.64. The second-order valence-electron chi connectivity index (χ2n) is 6.93. The number of rotatable bonds is 7. The molecule has 1 amide bonds. The monoisotopic (exact) mass is 441 g/mol. The fraction of sp³-hybridized carbons (Fsp3) is 0.238. The molecule has 31 heavy (non-hydrogen) atoms. The van der Waals surface area contributed by atoms with E-state index in [9.17, 15) is 13.2 Å². The van der Waals surface area contributed by atoms with E-state index >= 15 is 0 Å². The number of sulfonamides is 1. The first-order chi connectivity index (χ1) is 15.0. The molecule has 0 bridgehead atoms. The number of carbonyl (C=O) groups is 1. The van der Waals surface area contributed by atoms with E-state index in [-0.39, 0.29) is 17.3 Å². The van der Waals surface area contributed by atoms with Crippen LogP contribution >= 0.6 is 0 Å². The normalized spacial score (nSPS) is 14.8. The fourth-order valence-electron chi connectivity index (χ4n) is 3.19. The Morgan fingerprint density at radius 3 is 2.58 bits per heavy atom. The molecule has 9 nitrogen and oxygen atoms in total.